The molecule has 9 rings (SSSR count). The number of nitrogens with one attached hydrogen (secondary N) is 3. The lowest BCUT2D eigenvalue weighted by atomic mass is 9.88. The summed E-state index contributed by atoms with van der Waals surface area (Å²) >= 11 is 1.33. The molecule has 360 valence electrons. The lowest BCUT2D eigenvalue weighted by molar-refractivity contribution is -0.133. The van der Waals surface area contributed by atoms with Crippen LogP contribution in [0.15, 0.2) is 103 Å². The number of carbonyl (C=O) groups excluding carboxylic acids is 5. The highest BCUT2D eigenvalue weighted by Gasteiger charge is 2.53. The quantitative estimate of drug-likeness (QED) is 0.0601. The maximum atomic E-state index is 14.0. The van der Waals surface area contributed by atoms with E-state index in [4.69, 9.17) is 14.2 Å². The molecule has 17 nitrogen and oxygen atoms in total. The van der Waals surface area contributed by atoms with Crippen LogP contribution in [0.3, 0.4) is 0 Å². The Morgan fingerprint density at radius 2 is 1.55 bits per heavy atom. The fraction of sp³-hybridized carbons (Fsp3) is 0.373. The highest BCUT2D eigenvalue weighted by molar-refractivity contribution is 7.13. The summed E-state index contributed by atoms with van der Waals surface area (Å²) < 4.78 is 17.3. The van der Waals surface area contributed by atoms with Gasteiger partial charge in [0.05, 0.1) is 56.3 Å². The first-order valence-corrected chi connectivity index (χ1v) is 24.2. The molecule has 69 heavy (non-hydrogen) atoms. The molecule has 0 radical (unpaired) electrons. The number of aliphatic hydroxyl groups is 1. The molecule has 4 N–H and O–H groups in total. The molecule has 5 amide bonds. The predicted molar refractivity (Wildman–Crippen MR) is 260 cm³/mol. The van der Waals surface area contributed by atoms with Gasteiger partial charge in [0.25, 0.3) is 23.6 Å². The van der Waals surface area contributed by atoms with E-state index in [9.17, 15) is 29.1 Å². The van der Waals surface area contributed by atoms with Gasteiger partial charge in [0, 0.05) is 80.7 Å². The number of amides is 5. The van der Waals surface area contributed by atoms with Crippen molar-refractivity contribution in [3.63, 3.8) is 0 Å². The number of thiazole rings is 1. The highest BCUT2D eigenvalue weighted by atomic mass is 32.1. The van der Waals surface area contributed by atoms with Gasteiger partial charge in [-0.25, -0.2) is 4.98 Å². The van der Waals surface area contributed by atoms with E-state index in [1.807, 2.05) is 48.5 Å². The van der Waals surface area contributed by atoms with E-state index < -0.39 is 29.6 Å². The molecule has 4 aromatic carbocycles. The van der Waals surface area contributed by atoms with Crippen molar-refractivity contribution in [2.24, 2.45) is 0 Å². The van der Waals surface area contributed by atoms with Crippen molar-refractivity contribution < 1.29 is 43.3 Å². The molecular formula is C51H56N8O9S. The van der Waals surface area contributed by atoms with Crippen molar-refractivity contribution in [2.75, 3.05) is 94.4 Å². The Balaban J connectivity index is 0.646. The number of hydrogen-bond donors (Lipinski definition) is 4. The Kier molecular flexibility index (Phi) is 14.7. The summed E-state index contributed by atoms with van der Waals surface area (Å²) in [6, 6.07) is 28.0. The number of imide groups is 1. The molecule has 0 bridgehead atoms. The third-order valence-corrected chi connectivity index (χ3v) is 13.9. The van der Waals surface area contributed by atoms with Gasteiger partial charge in [-0.05, 0) is 65.9 Å². The number of piperidine rings is 1. The number of aliphatic hydroxyl groups excluding tert-OH is 1. The SMILES string of the molecule is CC1(N2C(=O)c3cccc(NCCOCCOCCOCCN4CCN(c5ccc(-c6ccc7c(c6)C(=O)N(C(C(=O)Nc6nccs6)c6ccccc6)C7)cc5)CC4)c3C2=O)CCC(=O)NC1O. The largest absolute Gasteiger partial charge is 0.382 e. The number of carbonyl (C=O) groups is 5. The molecule has 0 spiro atoms. The molecule has 2 fully saturated rings. The van der Waals surface area contributed by atoms with Crippen LogP contribution in [0.25, 0.3) is 11.1 Å². The topological polar surface area (TPSA) is 195 Å². The van der Waals surface area contributed by atoms with Gasteiger partial charge < -0.3 is 39.8 Å². The number of piperazine rings is 1. The Hall–Kier alpha value is -6.54. The van der Waals surface area contributed by atoms with E-state index >= 15 is 0 Å². The van der Waals surface area contributed by atoms with E-state index in [1.165, 1.54) is 11.3 Å². The standard InChI is InChI=1S/C51H56N8O9S/c1-51(17-16-42(60)54-49(51)65)59-47(63)39-8-5-9-41(43(39)48(59)64)52-18-25-66-27-29-68-30-28-67-26-24-56-20-22-57(23-21-56)38-14-12-34(13-15-38)36-10-11-37-33-58(46(62)40(37)32-36)44(35-6-3-2-4-7-35)45(61)55-50-53-19-31-69-50/h2-15,19,31-32,44,49,52,65H,16-18,20-30,33H2,1H3,(H,54,60)(H,53,55,61). The number of hydrogen-bond acceptors (Lipinski definition) is 14. The minimum Gasteiger partial charge on any atom is -0.382 e. The van der Waals surface area contributed by atoms with Gasteiger partial charge in [0.15, 0.2) is 5.13 Å². The molecule has 3 atom stereocenters. The molecule has 0 saturated carbocycles. The molecule has 1 aromatic heterocycles. The number of nitrogens with zero attached hydrogens (tertiary/aromatic N) is 5. The molecule has 4 aliphatic rings. The zero-order valence-electron chi connectivity index (χ0n) is 38.4. The van der Waals surface area contributed by atoms with Crippen LogP contribution in [0.4, 0.5) is 16.5 Å². The smallest absolute Gasteiger partial charge is 0.264 e. The van der Waals surface area contributed by atoms with Crippen molar-refractivity contribution >= 4 is 57.4 Å². The summed E-state index contributed by atoms with van der Waals surface area (Å²) in [6.07, 6.45) is 0.542. The first kappa shape index (κ1) is 47.5. The normalized spacial score (nSPS) is 19.7. The van der Waals surface area contributed by atoms with E-state index in [1.54, 1.807) is 41.6 Å². The van der Waals surface area contributed by atoms with Gasteiger partial charge in [0.2, 0.25) is 5.91 Å². The minimum absolute atomic E-state index is 0.101. The van der Waals surface area contributed by atoms with Crippen molar-refractivity contribution in [1.29, 1.82) is 0 Å². The molecule has 18 heteroatoms. The third-order valence-electron chi connectivity index (χ3n) is 13.2. The van der Waals surface area contributed by atoms with Crippen LogP contribution < -0.4 is 20.9 Å². The van der Waals surface area contributed by atoms with E-state index in [2.05, 4.69) is 55.0 Å². The fourth-order valence-electron chi connectivity index (χ4n) is 9.38. The second-order valence-electron chi connectivity index (χ2n) is 17.6. The van der Waals surface area contributed by atoms with Crippen LogP contribution in [0.5, 0.6) is 0 Å². The first-order chi connectivity index (χ1) is 33.6. The summed E-state index contributed by atoms with van der Waals surface area (Å²) in [7, 11) is 0. The molecule has 5 aromatic rings. The van der Waals surface area contributed by atoms with Crippen LogP contribution in [-0.2, 0) is 30.3 Å². The number of ether oxygens (including phenoxy) is 3. The van der Waals surface area contributed by atoms with Crippen molar-refractivity contribution in [3.8, 4) is 11.1 Å². The average molecular weight is 957 g/mol. The van der Waals surface area contributed by atoms with E-state index in [-0.39, 0.29) is 41.7 Å². The second-order valence-corrected chi connectivity index (χ2v) is 18.5. The number of anilines is 3. The van der Waals surface area contributed by atoms with Gasteiger partial charge in [-0.2, -0.15) is 0 Å². The van der Waals surface area contributed by atoms with Crippen LogP contribution >= 0.6 is 11.3 Å². The van der Waals surface area contributed by atoms with Gasteiger partial charge in [-0.15, -0.1) is 11.3 Å². The van der Waals surface area contributed by atoms with Gasteiger partial charge in [0.1, 0.15) is 12.3 Å². The number of benzene rings is 4. The second kappa shape index (κ2) is 21.4. The summed E-state index contributed by atoms with van der Waals surface area (Å²) in [5.41, 5.74) is 5.09. The van der Waals surface area contributed by atoms with Crippen LogP contribution in [0.2, 0.25) is 0 Å². The van der Waals surface area contributed by atoms with E-state index in [0.29, 0.717) is 69.1 Å². The lowest BCUT2D eigenvalue weighted by Crippen LogP contribution is -2.65. The molecule has 4 aliphatic heterocycles. The van der Waals surface area contributed by atoms with Gasteiger partial charge >= 0.3 is 0 Å². The molecular weight excluding hydrogens is 901 g/mol. The minimum atomic E-state index is -1.36. The fourth-order valence-corrected chi connectivity index (χ4v) is 9.91. The zero-order valence-corrected chi connectivity index (χ0v) is 39.3. The summed E-state index contributed by atoms with van der Waals surface area (Å²) in [6.45, 7) is 9.51. The van der Waals surface area contributed by atoms with Gasteiger partial charge in [-0.1, -0.05) is 60.7 Å². The number of aromatic nitrogens is 1. The average Bonchev–Trinajstić information content (AvgIpc) is 4.07. The lowest BCUT2D eigenvalue weighted by Gasteiger charge is -2.43. The number of rotatable bonds is 20. The Morgan fingerprint density at radius 1 is 0.826 bits per heavy atom. The van der Waals surface area contributed by atoms with Gasteiger partial charge in [-0.3, -0.25) is 39.1 Å². The van der Waals surface area contributed by atoms with E-state index in [0.717, 1.165) is 65.6 Å². The zero-order chi connectivity index (χ0) is 47.9. The molecule has 3 unspecified atom stereocenters. The monoisotopic (exact) mass is 956 g/mol. The summed E-state index contributed by atoms with van der Waals surface area (Å²) in [5.74, 6) is -1.81. The predicted octanol–water partition coefficient (Wildman–Crippen LogP) is 5.01. The first-order valence-electron chi connectivity index (χ1n) is 23.3. The maximum absolute atomic E-state index is 14.0. The Bertz CT molecular complexity index is 2650. The maximum Gasteiger partial charge on any atom is 0.264 e. The van der Waals surface area contributed by atoms with Crippen molar-refractivity contribution in [3.05, 3.63) is 130 Å². The van der Waals surface area contributed by atoms with Crippen LogP contribution in [0.1, 0.15) is 68.0 Å². The summed E-state index contributed by atoms with van der Waals surface area (Å²) in [4.78, 5) is 77.9. The van der Waals surface area contributed by atoms with Crippen LogP contribution in [-0.4, -0.2) is 145 Å². The van der Waals surface area contributed by atoms with Crippen molar-refractivity contribution in [1.82, 2.24) is 25.0 Å². The third kappa shape index (κ3) is 10.4. The Labute approximate surface area is 404 Å². The molecule has 2 saturated heterocycles. The Morgan fingerprint density at radius 3 is 2.28 bits per heavy atom. The molecule has 0 aliphatic carbocycles. The summed E-state index contributed by atoms with van der Waals surface area (Å²) in [5, 5.41) is 21.4. The van der Waals surface area contributed by atoms with Crippen molar-refractivity contribution in [2.45, 2.75) is 44.1 Å². The van der Waals surface area contributed by atoms with Crippen LogP contribution in [0, 0.1) is 0 Å². The number of fused-ring (bicyclic) bond motifs is 2. The highest BCUT2D eigenvalue weighted by Crippen LogP contribution is 2.39. The molecule has 5 heterocycles.